The first-order chi connectivity index (χ1) is 13.7. The van der Waals surface area contributed by atoms with E-state index in [2.05, 4.69) is 20.1 Å². The van der Waals surface area contributed by atoms with E-state index in [9.17, 15) is 4.79 Å². The van der Waals surface area contributed by atoms with Gasteiger partial charge in [0.1, 0.15) is 4.88 Å². The predicted octanol–water partition coefficient (Wildman–Crippen LogP) is 2.31. The van der Waals surface area contributed by atoms with Crippen LogP contribution in [-0.2, 0) is 4.74 Å². The number of aromatic nitrogens is 3. The molecule has 1 saturated heterocycles. The molecule has 2 aromatic heterocycles. The quantitative estimate of drug-likeness (QED) is 0.643. The van der Waals surface area contributed by atoms with Crippen LogP contribution in [0.25, 0.3) is 10.8 Å². The van der Waals surface area contributed by atoms with Crippen LogP contribution in [0.3, 0.4) is 0 Å². The molecule has 146 valence electrons. The van der Waals surface area contributed by atoms with Gasteiger partial charge in [-0.2, -0.15) is 0 Å². The Morgan fingerprint density at radius 2 is 2.11 bits per heavy atom. The van der Waals surface area contributed by atoms with Crippen LogP contribution < -0.4 is 14.5 Å². The van der Waals surface area contributed by atoms with Gasteiger partial charge in [0, 0.05) is 20.1 Å². The Morgan fingerprint density at radius 1 is 1.29 bits per heavy atom. The monoisotopic (exact) mass is 401 g/mol. The summed E-state index contributed by atoms with van der Waals surface area (Å²) in [5.41, 5.74) is 2.96. The largest absolute Gasteiger partial charge is 0.494 e. The fraction of sp³-hybridized carbons (Fsp3) is 0.333. The molecule has 0 N–H and O–H groups in total. The second-order valence-electron chi connectivity index (χ2n) is 6.08. The van der Waals surface area contributed by atoms with E-state index in [1.165, 1.54) is 16.2 Å². The molecule has 0 bridgehead atoms. The average Bonchev–Trinajstić information content (AvgIpc) is 3.44. The van der Waals surface area contributed by atoms with Gasteiger partial charge in [-0.25, -0.2) is 0 Å². The Morgan fingerprint density at radius 3 is 2.82 bits per heavy atom. The standard InChI is InChI=1S/C18H19N5O4S/c1-22(18-21-20-16(27-18)14-10-19-11-28-14)17(24)12-4-3-5-13(15(12)25-2)23-6-8-26-9-7-23/h3-5,10-11H,6-9H2,1-2H3. The summed E-state index contributed by atoms with van der Waals surface area (Å²) in [4.78, 5) is 21.3. The highest BCUT2D eigenvalue weighted by atomic mass is 32.1. The summed E-state index contributed by atoms with van der Waals surface area (Å²) in [5.74, 6) is 0.543. The molecule has 0 aliphatic carbocycles. The third-order valence-electron chi connectivity index (χ3n) is 4.43. The Kier molecular flexibility index (Phi) is 5.22. The number of carbonyl (C=O) groups excluding carboxylic acids is 1. The minimum absolute atomic E-state index is 0.104. The molecule has 4 rings (SSSR count). The number of hydrogen-bond acceptors (Lipinski definition) is 9. The van der Waals surface area contributed by atoms with E-state index in [-0.39, 0.29) is 11.9 Å². The molecule has 10 heteroatoms. The second-order valence-corrected chi connectivity index (χ2v) is 6.96. The SMILES string of the molecule is COc1c(C(=O)N(C)c2nnc(-c3cncs3)o2)cccc1N1CCOCC1. The van der Waals surface area contributed by atoms with Crippen molar-refractivity contribution in [2.24, 2.45) is 0 Å². The number of amides is 1. The summed E-state index contributed by atoms with van der Waals surface area (Å²) in [6.07, 6.45) is 1.64. The zero-order valence-electron chi connectivity index (χ0n) is 15.5. The van der Waals surface area contributed by atoms with E-state index >= 15 is 0 Å². The third-order valence-corrected chi connectivity index (χ3v) is 5.19. The van der Waals surface area contributed by atoms with Crippen LogP contribution in [0, 0.1) is 0 Å². The van der Waals surface area contributed by atoms with Gasteiger partial charge in [0.2, 0.25) is 0 Å². The predicted molar refractivity (Wildman–Crippen MR) is 104 cm³/mol. The number of benzene rings is 1. The number of thiazole rings is 1. The highest BCUT2D eigenvalue weighted by Crippen LogP contribution is 2.34. The van der Waals surface area contributed by atoms with Gasteiger partial charge in [-0.3, -0.25) is 14.7 Å². The van der Waals surface area contributed by atoms with Gasteiger partial charge in [0.25, 0.3) is 11.8 Å². The Bertz CT molecular complexity index is 953. The number of methoxy groups -OCH3 is 1. The van der Waals surface area contributed by atoms with Crippen molar-refractivity contribution in [3.8, 4) is 16.5 Å². The molecule has 0 spiro atoms. The maximum atomic E-state index is 13.1. The van der Waals surface area contributed by atoms with E-state index in [0.29, 0.717) is 30.4 Å². The van der Waals surface area contributed by atoms with E-state index in [0.717, 1.165) is 23.7 Å². The number of carbonyl (C=O) groups is 1. The van der Waals surface area contributed by atoms with Crippen LogP contribution >= 0.6 is 11.3 Å². The van der Waals surface area contributed by atoms with Crippen molar-refractivity contribution in [3.63, 3.8) is 0 Å². The van der Waals surface area contributed by atoms with Gasteiger partial charge >= 0.3 is 6.01 Å². The van der Waals surface area contributed by atoms with Crippen molar-refractivity contribution in [1.82, 2.24) is 15.2 Å². The summed E-state index contributed by atoms with van der Waals surface area (Å²) >= 11 is 1.38. The van der Waals surface area contributed by atoms with Crippen molar-refractivity contribution >= 4 is 28.9 Å². The van der Waals surface area contributed by atoms with Crippen molar-refractivity contribution in [2.75, 3.05) is 50.3 Å². The molecule has 0 atom stereocenters. The topological polar surface area (TPSA) is 93.8 Å². The molecule has 3 aromatic rings. The Balaban J connectivity index is 1.62. The third kappa shape index (κ3) is 3.43. The number of rotatable bonds is 5. The first-order valence-electron chi connectivity index (χ1n) is 8.69. The maximum absolute atomic E-state index is 13.1. The molecule has 1 fully saturated rings. The summed E-state index contributed by atoms with van der Waals surface area (Å²) < 4.78 is 16.6. The fourth-order valence-corrected chi connectivity index (χ4v) is 3.54. The van der Waals surface area contributed by atoms with Gasteiger partial charge < -0.3 is 18.8 Å². The molecule has 0 unspecified atom stereocenters. The fourth-order valence-electron chi connectivity index (χ4n) is 3.00. The van der Waals surface area contributed by atoms with Gasteiger partial charge in [0.15, 0.2) is 5.75 Å². The zero-order chi connectivity index (χ0) is 19.5. The molecule has 0 radical (unpaired) electrons. The molecule has 28 heavy (non-hydrogen) atoms. The summed E-state index contributed by atoms with van der Waals surface area (Å²) in [7, 11) is 3.15. The van der Waals surface area contributed by atoms with E-state index in [1.54, 1.807) is 31.9 Å². The highest BCUT2D eigenvalue weighted by molar-refractivity contribution is 7.13. The zero-order valence-corrected chi connectivity index (χ0v) is 16.3. The summed E-state index contributed by atoms with van der Waals surface area (Å²) in [6, 6.07) is 5.61. The van der Waals surface area contributed by atoms with E-state index in [1.807, 2.05) is 12.1 Å². The molecule has 0 saturated carbocycles. The summed E-state index contributed by atoms with van der Waals surface area (Å²) in [5, 5.41) is 7.98. The van der Waals surface area contributed by atoms with Gasteiger partial charge in [-0.1, -0.05) is 11.2 Å². The van der Waals surface area contributed by atoms with E-state index in [4.69, 9.17) is 13.9 Å². The van der Waals surface area contributed by atoms with E-state index < -0.39 is 0 Å². The number of morpholine rings is 1. The molecule has 9 nitrogen and oxygen atoms in total. The average molecular weight is 401 g/mol. The molecule has 3 heterocycles. The minimum Gasteiger partial charge on any atom is -0.494 e. The molecule has 1 aromatic carbocycles. The maximum Gasteiger partial charge on any atom is 0.325 e. The van der Waals surface area contributed by atoms with Crippen LogP contribution in [0.4, 0.5) is 11.7 Å². The van der Waals surface area contributed by atoms with Gasteiger partial charge in [0.05, 0.1) is 43.3 Å². The van der Waals surface area contributed by atoms with Crippen molar-refractivity contribution in [2.45, 2.75) is 0 Å². The molecule has 1 amide bonds. The number of para-hydroxylation sites is 1. The van der Waals surface area contributed by atoms with Crippen molar-refractivity contribution in [3.05, 3.63) is 35.5 Å². The van der Waals surface area contributed by atoms with Crippen LogP contribution in [0.2, 0.25) is 0 Å². The first kappa shape index (κ1) is 18.4. The lowest BCUT2D eigenvalue weighted by Gasteiger charge is -2.30. The Labute approximate surface area is 165 Å². The first-order valence-corrected chi connectivity index (χ1v) is 9.57. The van der Waals surface area contributed by atoms with Crippen LogP contribution in [-0.4, -0.2) is 61.5 Å². The molecular weight excluding hydrogens is 382 g/mol. The van der Waals surface area contributed by atoms with Gasteiger partial charge in [-0.15, -0.1) is 16.4 Å². The van der Waals surface area contributed by atoms with Crippen molar-refractivity contribution < 1.29 is 18.7 Å². The number of ether oxygens (including phenoxy) is 2. The Hall–Kier alpha value is -2.98. The second kappa shape index (κ2) is 7.95. The van der Waals surface area contributed by atoms with Crippen LogP contribution in [0.1, 0.15) is 10.4 Å². The summed E-state index contributed by atoms with van der Waals surface area (Å²) in [6.45, 7) is 2.77. The molecule has 1 aliphatic heterocycles. The highest BCUT2D eigenvalue weighted by Gasteiger charge is 2.26. The van der Waals surface area contributed by atoms with Crippen molar-refractivity contribution in [1.29, 1.82) is 0 Å². The lowest BCUT2D eigenvalue weighted by atomic mass is 10.1. The smallest absolute Gasteiger partial charge is 0.325 e. The lowest BCUT2D eigenvalue weighted by Crippen LogP contribution is -2.36. The molecular formula is C18H19N5O4S. The van der Waals surface area contributed by atoms with Gasteiger partial charge in [-0.05, 0) is 12.1 Å². The number of anilines is 2. The van der Waals surface area contributed by atoms with Crippen LogP contribution in [0.5, 0.6) is 5.75 Å². The minimum atomic E-state index is -0.300. The normalized spacial score (nSPS) is 14.1. The number of hydrogen-bond donors (Lipinski definition) is 0. The lowest BCUT2D eigenvalue weighted by molar-refractivity contribution is 0.0985. The molecule has 1 aliphatic rings. The van der Waals surface area contributed by atoms with Crippen LogP contribution in [0.15, 0.2) is 34.3 Å². The number of nitrogens with zero attached hydrogens (tertiary/aromatic N) is 5.